The molecule has 1 rings (SSSR count). The first-order valence-electron chi connectivity index (χ1n) is 6.45. The average Bonchev–Trinajstić information content (AvgIpc) is 2.24. The highest BCUT2D eigenvalue weighted by molar-refractivity contribution is 5.99. The quantitative estimate of drug-likeness (QED) is 0.697. The SMILES string of the molecule is Cc1cc(C)c(C)c(C(=O)CCC(C)C)c1C. The summed E-state index contributed by atoms with van der Waals surface area (Å²) in [5.41, 5.74) is 5.72. The second-order valence-electron chi connectivity index (χ2n) is 5.49. The molecule has 0 fully saturated rings. The summed E-state index contributed by atoms with van der Waals surface area (Å²) in [6.07, 6.45) is 1.65. The summed E-state index contributed by atoms with van der Waals surface area (Å²) >= 11 is 0. The third kappa shape index (κ3) is 3.18. The molecule has 0 amide bonds. The van der Waals surface area contributed by atoms with E-state index in [2.05, 4.69) is 47.6 Å². The Bertz CT molecular complexity index is 401. The van der Waals surface area contributed by atoms with Gasteiger partial charge in [0.15, 0.2) is 5.78 Å². The average molecular weight is 232 g/mol. The van der Waals surface area contributed by atoms with E-state index < -0.39 is 0 Å². The lowest BCUT2D eigenvalue weighted by molar-refractivity contribution is 0.0974. The second-order valence-corrected chi connectivity index (χ2v) is 5.49. The lowest BCUT2D eigenvalue weighted by Gasteiger charge is -2.14. The summed E-state index contributed by atoms with van der Waals surface area (Å²) in [7, 11) is 0. The molecule has 0 aliphatic heterocycles. The van der Waals surface area contributed by atoms with Gasteiger partial charge < -0.3 is 0 Å². The van der Waals surface area contributed by atoms with Crippen LogP contribution in [0.25, 0.3) is 0 Å². The second kappa shape index (κ2) is 5.48. The van der Waals surface area contributed by atoms with E-state index in [1.54, 1.807) is 0 Å². The summed E-state index contributed by atoms with van der Waals surface area (Å²) in [5.74, 6) is 0.894. The van der Waals surface area contributed by atoms with E-state index in [1.807, 2.05) is 0 Å². The van der Waals surface area contributed by atoms with Gasteiger partial charge in [0, 0.05) is 12.0 Å². The molecule has 0 aromatic heterocycles. The minimum absolute atomic E-state index is 0.306. The van der Waals surface area contributed by atoms with Crippen LogP contribution in [0.5, 0.6) is 0 Å². The van der Waals surface area contributed by atoms with E-state index in [0.717, 1.165) is 23.1 Å². The number of rotatable bonds is 4. The van der Waals surface area contributed by atoms with Gasteiger partial charge >= 0.3 is 0 Å². The van der Waals surface area contributed by atoms with Crippen molar-refractivity contribution in [1.29, 1.82) is 0 Å². The van der Waals surface area contributed by atoms with Gasteiger partial charge in [-0.05, 0) is 62.3 Å². The van der Waals surface area contributed by atoms with Crippen molar-refractivity contribution in [2.75, 3.05) is 0 Å². The Morgan fingerprint density at radius 2 is 1.53 bits per heavy atom. The van der Waals surface area contributed by atoms with Gasteiger partial charge in [0.25, 0.3) is 0 Å². The maximum absolute atomic E-state index is 12.3. The van der Waals surface area contributed by atoms with Gasteiger partial charge in [-0.25, -0.2) is 0 Å². The van der Waals surface area contributed by atoms with Crippen LogP contribution in [0, 0.1) is 33.6 Å². The number of carbonyl (C=O) groups excluding carboxylic acids is 1. The van der Waals surface area contributed by atoms with Crippen LogP contribution < -0.4 is 0 Å². The molecule has 1 nitrogen and oxygen atoms in total. The topological polar surface area (TPSA) is 17.1 Å². The first-order chi connectivity index (χ1) is 7.84. The van der Waals surface area contributed by atoms with Crippen molar-refractivity contribution in [1.82, 2.24) is 0 Å². The van der Waals surface area contributed by atoms with Crippen molar-refractivity contribution in [2.45, 2.75) is 54.4 Å². The van der Waals surface area contributed by atoms with Gasteiger partial charge in [0.2, 0.25) is 0 Å². The molecule has 1 heteroatoms. The fraction of sp³-hybridized carbons (Fsp3) is 0.562. The third-order valence-electron chi connectivity index (χ3n) is 3.59. The summed E-state index contributed by atoms with van der Waals surface area (Å²) in [6, 6.07) is 2.17. The van der Waals surface area contributed by atoms with E-state index in [0.29, 0.717) is 18.1 Å². The predicted molar refractivity (Wildman–Crippen MR) is 73.8 cm³/mol. The Balaban J connectivity index is 3.08. The first kappa shape index (κ1) is 14.0. The molecule has 0 atom stereocenters. The number of carbonyl (C=O) groups is 1. The van der Waals surface area contributed by atoms with E-state index in [4.69, 9.17) is 0 Å². The number of aryl methyl sites for hydroxylation is 2. The smallest absolute Gasteiger partial charge is 0.163 e. The Hall–Kier alpha value is -1.11. The molecule has 0 bridgehead atoms. The number of ketones is 1. The molecule has 0 aliphatic rings. The van der Waals surface area contributed by atoms with Crippen molar-refractivity contribution in [3.8, 4) is 0 Å². The Kier molecular flexibility index (Phi) is 4.50. The molecule has 0 saturated heterocycles. The lowest BCUT2D eigenvalue weighted by Crippen LogP contribution is -2.08. The molecule has 1 aromatic rings. The molecule has 1 aromatic carbocycles. The summed E-state index contributed by atoms with van der Waals surface area (Å²) < 4.78 is 0. The number of hydrogen-bond acceptors (Lipinski definition) is 1. The molecule has 0 saturated carbocycles. The van der Waals surface area contributed by atoms with E-state index in [1.165, 1.54) is 11.1 Å². The molecule has 0 heterocycles. The first-order valence-corrected chi connectivity index (χ1v) is 6.45. The monoisotopic (exact) mass is 232 g/mol. The molecule has 0 spiro atoms. The van der Waals surface area contributed by atoms with Crippen LogP contribution in [-0.2, 0) is 0 Å². The van der Waals surface area contributed by atoms with E-state index >= 15 is 0 Å². The number of hydrogen-bond donors (Lipinski definition) is 0. The minimum atomic E-state index is 0.306. The Morgan fingerprint density at radius 1 is 1.06 bits per heavy atom. The summed E-state index contributed by atoms with van der Waals surface area (Å²) in [5, 5.41) is 0. The van der Waals surface area contributed by atoms with Crippen LogP contribution in [-0.4, -0.2) is 5.78 Å². The van der Waals surface area contributed by atoms with Crippen LogP contribution in [0.15, 0.2) is 6.07 Å². The number of Topliss-reactive ketones (excluding diaryl/α,β-unsaturated/α-hetero) is 1. The third-order valence-corrected chi connectivity index (χ3v) is 3.59. The van der Waals surface area contributed by atoms with Crippen LogP contribution in [0.3, 0.4) is 0 Å². The van der Waals surface area contributed by atoms with Gasteiger partial charge in [-0.2, -0.15) is 0 Å². The van der Waals surface area contributed by atoms with E-state index in [9.17, 15) is 4.79 Å². The van der Waals surface area contributed by atoms with Gasteiger partial charge in [-0.15, -0.1) is 0 Å². The van der Waals surface area contributed by atoms with Crippen LogP contribution in [0.4, 0.5) is 0 Å². The van der Waals surface area contributed by atoms with Crippen molar-refractivity contribution in [3.05, 3.63) is 33.9 Å². The van der Waals surface area contributed by atoms with E-state index in [-0.39, 0.29) is 0 Å². The highest BCUT2D eigenvalue weighted by Crippen LogP contribution is 2.23. The van der Waals surface area contributed by atoms with Gasteiger partial charge in [-0.1, -0.05) is 19.9 Å². The molecule has 0 radical (unpaired) electrons. The van der Waals surface area contributed by atoms with Crippen LogP contribution in [0.1, 0.15) is 59.3 Å². The number of benzene rings is 1. The van der Waals surface area contributed by atoms with Crippen molar-refractivity contribution in [2.24, 2.45) is 5.92 Å². The Labute approximate surface area is 105 Å². The van der Waals surface area contributed by atoms with Crippen molar-refractivity contribution < 1.29 is 4.79 Å². The maximum atomic E-state index is 12.3. The molecule has 0 N–H and O–H groups in total. The largest absolute Gasteiger partial charge is 0.294 e. The van der Waals surface area contributed by atoms with Crippen molar-refractivity contribution in [3.63, 3.8) is 0 Å². The molecule has 0 unspecified atom stereocenters. The van der Waals surface area contributed by atoms with Crippen LogP contribution in [0.2, 0.25) is 0 Å². The molecule has 17 heavy (non-hydrogen) atoms. The normalized spacial score (nSPS) is 11.0. The molecule has 0 aliphatic carbocycles. The highest BCUT2D eigenvalue weighted by atomic mass is 16.1. The zero-order valence-corrected chi connectivity index (χ0v) is 12.0. The van der Waals surface area contributed by atoms with Gasteiger partial charge in [0.1, 0.15) is 0 Å². The molecule has 94 valence electrons. The zero-order chi connectivity index (χ0) is 13.2. The predicted octanol–water partition coefficient (Wildman–Crippen LogP) is 4.54. The fourth-order valence-electron chi connectivity index (χ4n) is 2.18. The highest BCUT2D eigenvalue weighted by Gasteiger charge is 2.15. The zero-order valence-electron chi connectivity index (χ0n) is 12.0. The summed E-state index contributed by atoms with van der Waals surface area (Å²) in [4.78, 5) is 12.3. The van der Waals surface area contributed by atoms with Gasteiger partial charge in [0.05, 0.1) is 0 Å². The molecular weight excluding hydrogens is 208 g/mol. The summed E-state index contributed by atoms with van der Waals surface area (Å²) in [6.45, 7) is 12.6. The lowest BCUT2D eigenvalue weighted by atomic mass is 9.89. The molecular formula is C16H24O. The van der Waals surface area contributed by atoms with Gasteiger partial charge in [-0.3, -0.25) is 4.79 Å². The van der Waals surface area contributed by atoms with Crippen LogP contribution >= 0.6 is 0 Å². The Morgan fingerprint density at radius 3 is 1.94 bits per heavy atom. The maximum Gasteiger partial charge on any atom is 0.163 e. The fourth-order valence-corrected chi connectivity index (χ4v) is 2.18. The standard InChI is InChI=1S/C16H24O/c1-10(2)7-8-15(17)16-13(5)11(3)9-12(4)14(16)6/h9-10H,7-8H2,1-6H3. The van der Waals surface area contributed by atoms with Crippen molar-refractivity contribution >= 4 is 5.78 Å². The minimum Gasteiger partial charge on any atom is -0.294 e.